The van der Waals surface area contributed by atoms with Gasteiger partial charge in [0.05, 0.1) is 108 Å². The normalized spacial score (nSPS) is 20.5. The molecule has 4 fully saturated rings. The first kappa shape index (κ1) is 76.0. The third kappa shape index (κ3) is 17.0. The number of imidazole rings is 2. The lowest BCUT2D eigenvalue weighted by Gasteiger charge is -2.33. The average Bonchev–Trinajstić information content (AvgIpc) is 1.63. The monoisotopic (exact) mass is 1440 g/mol. The number of carboxylic acid groups (broad SMARTS) is 2. The van der Waals surface area contributed by atoms with Crippen molar-refractivity contribution in [3.63, 3.8) is 0 Å². The molecule has 6 aliphatic rings. The molecule has 0 saturated carbocycles. The fraction of sp³-hybridized carbons (Fsp3) is 0.452. The van der Waals surface area contributed by atoms with E-state index in [9.17, 15) is 28.6 Å². The Hall–Kier alpha value is -7.64. The summed E-state index contributed by atoms with van der Waals surface area (Å²) in [6, 6.07) is 30.8. The number of likely N-dealkylation sites (tertiary alicyclic amines) is 2. The van der Waals surface area contributed by atoms with Crippen LogP contribution in [0.4, 0.5) is 8.78 Å². The highest BCUT2D eigenvalue weighted by Gasteiger charge is 2.45. The molecule has 6 aliphatic heterocycles. The summed E-state index contributed by atoms with van der Waals surface area (Å²) in [4.78, 5) is 37.7. The van der Waals surface area contributed by atoms with Crippen molar-refractivity contribution in [3.05, 3.63) is 176 Å². The number of halogens is 4. The van der Waals surface area contributed by atoms with Crippen LogP contribution in [0.2, 0.25) is 10.0 Å². The second kappa shape index (κ2) is 32.4. The molecule has 2 aromatic heterocycles. The second-order valence-corrected chi connectivity index (χ2v) is 27.5. The van der Waals surface area contributed by atoms with Crippen LogP contribution < -0.4 is 35.5 Å². The van der Waals surface area contributed by atoms with E-state index >= 15 is 0 Å². The van der Waals surface area contributed by atoms with E-state index in [1.54, 1.807) is 74.5 Å². The number of ether oxygens (including phenoxy) is 6. The van der Waals surface area contributed by atoms with Crippen LogP contribution >= 0.6 is 23.2 Å². The van der Waals surface area contributed by atoms with Crippen LogP contribution in [-0.2, 0) is 47.2 Å². The predicted octanol–water partition coefficient (Wildman–Crippen LogP) is 6.59. The van der Waals surface area contributed by atoms with Crippen molar-refractivity contribution in [3.8, 4) is 23.0 Å². The van der Waals surface area contributed by atoms with Crippen molar-refractivity contribution in [2.24, 2.45) is 5.73 Å². The zero-order valence-corrected chi connectivity index (χ0v) is 57.1. The molecular formula is C73H88Cl2F2N8O16. The molecule has 8 heterocycles. The van der Waals surface area contributed by atoms with E-state index < -0.39 is 66.0 Å². The van der Waals surface area contributed by atoms with Crippen LogP contribution in [0.15, 0.2) is 109 Å². The molecule has 0 aliphatic carbocycles. The zero-order valence-electron chi connectivity index (χ0n) is 55.5. The number of aromatic nitrogens is 4. The molecule has 544 valence electrons. The minimum absolute atomic E-state index is 0. The van der Waals surface area contributed by atoms with Gasteiger partial charge in [0.2, 0.25) is 0 Å². The molecule has 4 saturated heterocycles. The van der Waals surface area contributed by atoms with Crippen LogP contribution in [0, 0.1) is 11.6 Å². The third-order valence-electron chi connectivity index (χ3n) is 19.3. The Balaban J connectivity index is 0.000000178. The number of carboxylic acids is 2. The average molecular weight is 1440 g/mol. The van der Waals surface area contributed by atoms with Gasteiger partial charge in [-0.1, -0.05) is 61.0 Å². The molecule has 0 bridgehead atoms. The Morgan fingerprint density at radius 1 is 0.594 bits per heavy atom. The molecule has 0 unspecified atom stereocenters. The van der Waals surface area contributed by atoms with Gasteiger partial charge in [-0.25, -0.2) is 23.5 Å². The maximum Gasteiger partial charge on any atom is 0.335 e. The number of nitrogens with zero attached hydrogens (tertiary/aromatic N) is 6. The Labute approximate surface area is 593 Å². The fourth-order valence-corrected chi connectivity index (χ4v) is 13.2. The van der Waals surface area contributed by atoms with Gasteiger partial charge in [0.1, 0.15) is 43.1 Å². The van der Waals surface area contributed by atoms with Gasteiger partial charge >= 0.3 is 5.97 Å². The Bertz CT molecular complexity index is 3930. The summed E-state index contributed by atoms with van der Waals surface area (Å²) >= 11 is 11.9. The second-order valence-electron chi connectivity index (χ2n) is 26.6. The van der Waals surface area contributed by atoms with E-state index in [-0.39, 0.29) is 62.4 Å². The SMILES string of the molecule is C.C[C@]1(c2ccc(Cl)cc2F)Oc2cccc(C3CCN(Cc4nc5ccc(C(=O)O)cc5n4C[C@@H]4CCO4)CC3)c2O1.C[C@]1(c2ccc(Cl)cc2F)Oc2cccc(C3CCN(Cc4nc5ccc(C(=O)[O-])cc5n4C[C@@H]4CCO4)CC3)c2O1.NC(CO)(CO)CO.[NH3+]C(CO)(CO)CO. The number of rotatable bonds is 20. The van der Waals surface area contributed by atoms with E-state index in [0.717, 1.165) is 123 Å². The minimum Gasteiger partial charge on any atom is -0.545 e. The van der Waals surface area contributed by atoms with Gasteiger partial charge in [-0.3, -0.25) is 9.80 Å². The van der Waals surface area contributed by atoms with E-state index in [1.807, 2.05) is 24.3 Å². The lowest BCUT2D eigenvalue weighted by molar-refractivity contribution is -0.494. The van der Waals surface area contributed by atoms with Gasteiger partial charge in [0.15, 0.2) is 28.5 Å². The molecule has 12 N–H and O–H groups in total. The van der Waals surface area contributed by atoms with Gasteiger partial charge < -0.3 is 94.7 Å². The Kier molecular flexibility index (Phi) is 24.3. The number of para-hydroxylation sites is 2. The lowest BCUT2D eigenvalue weighted by Crippen LogP contribution is -2.78. The highest BCUT2D eigenvalue weighted by molar-refractivity contribution is 6.30. The van der Waals surface area contributed by atoms with E-state index in [1.165, 1.54) is 12.1 Å². The van der Waals surface area contributed by atoms with Crippen molar-refractivity contribution >= 4 is 57.2 Å². The highest BCUT2D eigenvalue weighted by atomic mass is 35.5. The molecule has 101 heavy (non-hydrogen) atoms. The molecule has 0 radical (unpaired) electrons. The quantitative estimate of drug-likeness (QED) is 0.0389. The molecule has 8 aromatic rings. The van der Waals surface area contributed by atoms with Crippen molar-refractivity contribution in [2.75, 3.05) is 79.0 Å². The molecular weight excluding hydrogens is 1350 g/mol. The molecule has 24 nitrogen and oxygen atoms in total. The number of hydrogen-bond acceptors (Lipinski definition) is 20. The first-order chi connectivity index (χ1) is 47.9. The number of nitrogens with two attached hydrogens (primary N) is 1. The summed E-state index contributed by atoms with van der Waals surface area (Å²) in [5.74, 6) is -0.778. The Morgan fingerprint density at radius 2 is 0.990 bits per heavy atom. The van der Waals surface area contributed by atoms with Gasteiger partial charge in [-0.15, -0.1) is 0 Å². The van der Waals surface area contributed by atoms with Crippen LogP contribution in [0.25, 0.3) is 22.1 Å². The number of aliphatic hydroxyl groups is 6. The number of benzene rings is 6. The minimum atomic E-state index is -1.28. The maximum atomic E-state index is 14.8. The van der Waals surface area contributed by atoms with Crippen molar-refractivity contribution in [1.82, 2.24) is 28.9 Å². The number of piperidine rings is 2. The number of hydrogen-bond donors (Lipinski definition) is 9. The number of aliphatic hydroxyl groups excluding tert-OH is 6. The van der Waals surface area contributed by atoms with Crippen molar-refractivity contribution < 1.29 is 93.4 Å². The Morgan fingerprint density at radius 3 is 1.32 bits per heavy atom. The summed E-state index contributed by atoms with van der Waals surface area (Å²) in [7, 11) is 0. The topological polar surface area (TPSA) is 350 Å². The first-order valence-electron chi connectivity index (χ1n) is 33.2. The molecule has 0 amide bonds. The fourth-order valence-electron chi connectivity index (χ4n) is 12.9. The van der Waals surface area contributed by atoms with E-state index in [0.29, 0.717) is 70.3 Å². The van der Waals surface area contributed by atoms with Crippen LogP contribution in [-0.4, -0.2) is 179 Å². The van der Waals surface area contributed by atoms with Crippen molar-refractivity contribution in [2.45, 2.75) is 133 Å². The highest BCUT2D eigenvalue weighted by Crippen LogP contribution is 2.52. The third-order valence-corrected chi connectivity index (χ3v) is 19.8. The van der Waals surface area contributed by atoms with Crippen LogP contribution in [0.5, 0.6) is 23.0 Å². The summed E-state index contributed by atoms with van der Waals surface area (Å²) in [5, 5.41) is 71.9. The summed E-state index contributed by atoms with van der Waals surface area (Å²) < 4.78 is 70.3. The van der Waals surface area contributed by atoms with Crippen LogP contribution in [0.3, 0.4) is 0 Å². The number of carbonyl (C=O) groups is 2. The van der Waals surface area contributed by atoms with Gasteiger partial charge in [-0.05, 0) is 161 Å². The molecule has 4 atom stereocenters. The summed E-state index contributed by atoms with van der Waals surface area (Å²) in [6.07, 6.45) is 5.84. The molecule has 14 rings (SSSR count). The summed E-state index contributed by atoms with van der Waals surface area (Å²) in [6.45, 7) is 8.91. The number of aromatic carboxylic acids is 2. The van der Waals surface area contributed by atoms with E-state index in [2.05, 4.69) is 36.8 Å². The number of quaternary nitrogens is 1. The van der Waals surface area contributed by atoms with Gasteiger partial charge in [0.25, 0.3) is 11.6 Å². The summed E-state index contributed by atoms with van der Waals surface area (Å²) in [5.41, 5.74) is 12.6. The zero-order chi connectivity index (χ0) is 71.3. The molecule has 0 spiro atoms. The van der Waals surface area contributed by atoms with Crippen LogP contribution in [0.1, 0.15) is 126 Å². The smallest absolute Gasteiger partial charge is 0.335 e. The first-order valence-corrected chi connectivity index (χ1v) is 34.0. The maximum absolute atomic E-state index is 14.8. The number of carbonyl (C=O) groups excluding carboxylic acids is 1. The van der Waals surface area contributed by atoms with E-state index in [4.69, 9.17) is 98.0 Å². The number of fused-ring (bicyclic) bond motifs is 4. The van der Waals surface area contributed by atoms with Crippen molar-refractivity contribution in [1.29, 1.82) is 0 Å². The lowest BCUT2D eigenvalue weighted by atomic mass is 9.88. The van der Waals surface area contributed by atoms with Gasteiger partial charge in [0, 0.05) is 48.2 Å². The predicted molar refractivity (Wildman–Crippen MR) is 369 cm³/mol. The largest absolute Gasteiger partial charge is 0.545 e. The molecule has 28 heteroatoms. The standard InChI is InChI=1S/2C32H31ClFN3O5.2C4H11NO3.CH4/c2*1-32(24-7-6-21(33)16-25(24)34)41-28-4-2-3-23(30(28)42-32)19-9-12-36(13-10-19)18-29-35-26-8-5-20(31(38)39)15-27(26)37(29)17-22-11-14-40-22;2*5-4(1-6,2-7)3-8;/h2*2-8,15-16,19,22H,9-14,17-18H2,1H3,(H,38,39);2*6-8H,1-3,5H2;1H4/t2*22-,32-;;;/m00.../s1. The molecule has 6 aromatic carbocycles. The van der Waals surface area contributed by atoms with Gasteiger partial charge in [-0.2, -0.15) is 0 Å².